The number of halogens is 1. The fourth-order valence-electron chi connectivity index (χ4n) is 4.26. The van der Waals surface area contributed by atoms with Crippen LogP contribution >= 0.6 is 0 Å². The molecule has 0 bridgehead atoms. The summed E-state index contributed by atoms with van der Waals surface area (Å²) in [5.74, 6) is -0.373. The zero-order valence-electron chi connectivity index (χ0n) is 20.2. The lowest BCUT2D eigenvalue weighted by Gasteiger charge is -2.14. The van der Waals surface area contributed by atoms with Gasteiger partial charge in [-0.25, -0.2) is 9.37 Å². The fraction of sp³-hybridized carbons (Fsp3) is 0.179. The van der Waals surface area contributed by atoms with Crippen molar-refractivity contribution in [2.75, 3.05) is 0 Å². The minimum Gasteiger partial charge on any atom is -0.481 e. The van der Waals surface area contributed by atoms with Gasteiger partial charge in [-0.3, -0.25) is 19.0 Å². The normalized spacial score (nSPS) is 11.2. The minimum absolute atomic E-state index is 0.0160. The van der Waals surface area contributed by atoms with E-state index in [0.717, 1.165) is 0 Å². The Labute approximate surface area is 215 Å². The first-order valence-corrected chi connectivity index (χ1v) is 12.0. The van der Waals surface area contributed by atoms with E-state index in [4.69, 9.17) is 14.6 Å². The van der Waals surface area contributed by atoms with Gasteiger partial charge in [0.2, 0.25) is 0 Å². The Bertz CT molecular complexity index is 1740. The van der Waals surface area contributed by atoms with E-state index < -0.39 is 11.8 Å². The molecule has 38 heavy (non-hydrogen) atoms. The molecule has 9 nitrogen and oxygen atoms in total. The lowest BCUT2D eigenvalue weighted by molar-refractivity contribution is -0.137. The van der Waals surface area contributed by atoms with Crippen molar-refractivity contribution in [3.8, 4) is 16.9 Å². The van der Waals surface area contributed by atoms with Gasteiger partial charge in [0.25, 0.3) is 11.1 Å². The molecule has 2 aromatic carbocycles. The Morgan fingerprint density at radius 3 is 2.58 bits per heavy atom. The summed E-state index contributed by atoms with van der Waals surface area (Å²) in [5.41, 5.74) is 1.65. The van der Waals surface area contributed by atoms with E-state index in [9.17, 15) is 18.8 Å². The molecule has 0 fully saturated rings. The highest BCUT2D eigenvalue weighted by Crippen LogP contribution is 2.24. The molecule has 3 heterocycles. The van der Waals surface area contributed by atoms with E-state index in [2.05, 4.69) is 5.16 Å². The third-order valence-electron chi connectivity index (χ3n) is 6.14. The summed E-state index contributed by atoms with van der Waals surface area (Å²) in [5, 5.41) is 13.4. The van der Waals surface area contributed by atoms with E-state index in [1.54, 1.807) is 42.6 Å². The van der Waals surface area contributed by atoms with Gasteiger partial charge in [-0.15, -0.1) is 0 Å². The van der Waals surface area contributed by atoms with E-state index in [1.165, 1.54) is 39.5 Å². The van der Waals surface area contributed by atoms with Crippen molar-refractivity contribution in [3.63, 3.8) is 0 Å². The number of carbonyl (C=O) groups is 1. The SMILES string of the molecule is O=C(O)CCCCc1nc2cc(-c3cc(Cn4ccccc4=O)on3)ccc2c(=O)n1-c1ccc(F)cc1. The van der Waals surface area contributed by atoms with Crippen molar-refractivity contribution in [2.24, 2.45) is 0 Å². The van der Waals surface area contributed by atoms with Crippen molar-refractivity contribution >= 4 is 16.9 Å². The third kappa shape index (κ3) is 5.29. The van der Waals surface area contributed by atoms with E-state index >= 15 is 0 Å². The number of hydrogen-bond donors (Lipinski definition) is 1. The van der Waals surface area contributed by atoms with Gasteiger partial charge in [0, 0.05) is 36.7 Å². The van der Waals surface area contributed by atoms with Crippen LogP contribution in [-0.4, -0.2) is 30.4 Å². The Morgan fingerprint density at radius 2 is 1.82 bits per heavy atom. The second-order valence-electron chi connectivity index (χ2n) is 8.82. The van der Waals surface area contributed by atoms with Gasteiger partial charge in [0.05, 0.1) is 23.1 Å². The van der Waals surface area contributed by atoms with Crippen LogP contribution < -0.4 is 11.1 Å². The molecule has 0 spiro atoms. The quantitative estimate of drug-likeness (QED) is 0.293. The number of carboxylic acids is 1. The van der Waals surface area contributed by atoms with Crippen LogP contribution in [0.1, 0.15) is 30.8 Å². The number of fused-ring (bicyclic) bond motifs is 1. The molecule has 10 heteroatoms. The van der Waals surface area contributed by atoms with Crippen molar-refractivity contribution in [2.45, 2.75) is 32.2 Å². The van der Waals surface area contributed by atoms with Gasteiger partial charge in [-0.2, -0.15) is 0 Å². The number of hydrogen-bond acceptors (Lipinski definition) is 6. The average molecular weight is 515 g/mol. The number of benzene rings is 2. The standard InChI is InChI=1S/C28H23FN4O5/c29-19-9-11-20(12-10-19)33-25(5-1-2-7-27(35)36)30-24-15-18(8-13-22(24)28(33)37)23-16-21(38-31-23)17-32-14-4-3-6-26(32)34/h3-4,6,8-16H,1-2,5,7,17H2,(H,35,36). The predicted molar refractivity (Wildman–Crippen MR) is 138 cm³/mol. The number of nitrogens with zero attached hydrogens (tertiary/aromatic N) is 4. The first-order valence-electron chi connectivity index (χ1n) is 12.0. The number of aryl methyl sites for hydroxylation is 1. The molecule has 5 rings (SSSR count). The number of aromatic nitrogens is 4. The maximum absolute atomic E-state index is 13.5. The molecular weight excluding hydrogens is 491 g/mol. The highest BCUT2D eigenvalue weighted by Gasteiger charge is 2.15. The van der Waals surface area contributed by atoms with Crippen molar-refractivity contribution in [3.05, 3.63) is 111 Å². The Morgan fingerprint density at radius 1 is 1.00 bits per heavy atom. The summed E-state index contributed by atoms with van der Waals surface area (Å²) >= 11 is 0. The monoisotopic (exact) mass is 514 g/mol. The molecule has 0 aliphatic carbocycles. The average Bonchev–Trinajstić information content (AvgIpc) is 3.37. The summed E-state index contributed by atoms with van der Waals surface area (Å²) < 4.78 is 21.9. The molecule has 0 atom stereocenters. The van der Waals surface area contributed by atoms with Gasteiger partial charge < -0.3 is 14.2 Å². The summed E-state index contributed by atoms with van der Waals surface area (Å²) in [6, 6.07) is 17.3. The number of carboxylic acid groups (broad SMARTS) is 1. The first kappa shape index (κ1) is 24.8. The number of aliphatic carboxylic acids is 1. The molecule has 0 aliphatic heterocycles. The molecular formula is C28H23FN4O5. The zero-order chi connectivity index (χ0) is 26.6. The Balaban J connectivity index is 1.51. The molecule has 0 saturated carbocycles. The van der Waals surface area contributed by atoms with Gasteiger partial charge in [-0.1, -0.05) is 17.3 Å². The van der Waals surface area contributed by atoms with Crippen LogP contribution in [0.15, 0.2) is 87.0 Å². The van der Waals surface area contributed by atoms with Crippen LogP contribution in [0.25, 0.3) is 27.8 Å². The van der Waals surface area contributed by atoms with Crippen LogP contribution in [0.4, 0.5) is 4.39 Å². The van der Waals surface area contributed by atoms with Gasteiger partial charge in [0.15, 0.2) is 5.76 Å². The molecule has 5 aromatic rings. The van der Waals surface area contributed by atoms with E-state index in [0.29, 0.717) is 58.7 Å². The molecule has 3 aromatic heterocycles. The maximum atomic E-state index is 13.5. The molecule has 0 unspecified atom stereocenters. The molecule has 0 radical (unpaired) electrons. The minimum atomic E-state index is -0.888. The van der Waals surface area contributed by atoms with Crippen molar-refractivity contribution in [1.29, 1.82) is 0 Å². The molecule has 192 valence electrons. The molecule has 0 amide bonds. The highest BCUT2D eigenvalue weighted by atomic mass is 19.1. The lowest BCUT2D eigenvalue weighted by Crippen LogP contribution is -2.24. The van der Waals surface area contributed by atoms with E-state index in [1.807, 2.05) is 0 Å². The predicted octanol–water partition coefficient (Wildman–Crippen LogP) is 4.19. The largest absolute Gasteiger partial charge is 0.481 e. The second kappa shape index (κ2) is 10.6. The van der Waals surface area contributed by atoms with Gasteiger partial charge in [-0.05, 0) is 55.3 Å². The van der Waals surface area contributed by atoms with Gasteiger partial charge >= 0.3 is 5.97 Å². The highest BCUT2D eigenvalue weighted by molar-refractivity contribution is 5.83. The van der Waals surface area contributed by atoms with Crippen molar-refractivity contribution in [1.82, 2.24) is 19.3 Å². The second-order valence-corrected chi connectivity index (χ2v) is 8.82. The molecule has 0 saturated heterocycles. The number of unbranched alkanes of at least 4 members (excludes halogenated alkanes) is 1. The molecule has 0 aliphatic rings. The van der Waals surface area contributed by atoms with Crippen LogP contribution in [0.2, 0.25) is 0 Å². The Hall–Kier alpha value is -4.86. The summed E-state index contributed by atoms with van der Waals surface area (Å²) in [4.78, 5) is 41.2. The summed E-state index contributed by atoms with van der Waals surface area (Å²) in [6.07, 6.45) is 2.98. The van der Waals surface area contributed by atoms with E-state index in [-0.39, 0.29) is 24.1 Å². The topological polar surface area (TPSA) is 120 Å². The zero-order valence-corrected chi connectivity index (χ0v) is 20.2. The smallest absolute Gasteiger partial charge is 0.303 e. The van der Waals surface area contributed by atoms with Crippen molar-refractivity contribution < 1.29 is 18.8 Å². The van der Waals surface area contributed by atoms with Crippen LogP contribution in [0.3, 0.4) is 0 Å². The number of rotatable bonds is 9. The van der Waals surface area contributed by atoms with Crippen LogP contribution in [-0.2, 0) is 17.8 Å². The lowest BCUT2D eigenvalue weighted by atomic mass is 10.1. The summed E-state index contributed by atoms with van der Waals surface area (Å²) in [6.45, 7) is 0.224. The fourth-order valence-corrected chi connectivity index (χ4v) is 4.26. The molecule has 1 N–H and O–H groups in total. The summed E-state index contributed by atoms with van der Waals surface area (Å²) in [7, 11) is 0. The van der Waals surface area contributed by atoms with Gasteiger partial charge in [0.1, 0.15) is 17.3 Å². The Kier molecular flexibility index (Phi) is 6.94. The third-order valence-corrected chi connectivity index (χ3v) is 6.14. The van der Waals surface area contributed by atoms with Crippen LogP contribution in [0, 0.1) is 5.82 Å². The first-order chi connectivity index (χ1) is 18.4. The number of pyridine rings is 1. The maximum Gasteiger partial charge on any atom is 0.303 e. The van der Waals surface area contributed by atoms with Crippen LogP contribution in [0.5, 0.6) is 0 Å².